The topological polar surface area (TPSA) is 97.6 Å². The van der Waals surface area contributed by atoms with E-state index >= 15 is 0 Å². The standard InChI is InChI=1S/C35H34Br2N2O7S/c1-7-44-34(41)30-20(4)38-35-39(31(30)23-10-13-26(46-19(2)3)27(17-23)42-5)33(40)29(47-35)16-22-14-25(37)32(28(15-22)43-6)45-18-21-8-11-24(36)12-9-21/h8-17,19,31H,7,18H2,1-6H3/b29-16-/t31-/m1/s1. The third kappa shape index (κ3) is 7.50. The molecule has 1 atom stereocenters. The summed E-state index contributed by atoms with van der Waals surface area (Å²) in [7, 11) is 3.12. The molecule has 0 N–H and O–H groups in total. The molecule has 0 amide bonds. The minimum Gasteiger partial charge on any atom is -0.493 e. The van der Waals surface area contributed by atoms with Gasteiger partial charge in [0.25, 0.3) is 5.56 Å². The van der Waals surface area contributed by atoms with Crippen LogP contribution in [0.2, 0.25) is 0 Å². The van der Waals surface area contributed by atoms with E-state index in [0.29, 0.717) is 60.2 Å². The van der Waals surface area contributed by atoms with Crippen molar-refractivity contribution in [2.75, 3.05) is 20.8 Å². The summed E-state index contributed by atoms with van der Waals surface area (Å²) in [4.78, 5) is 32.6. The smallest absolute Gasteiger partial charge is 0.338 e. The lowest BCUT2D eigenvalue weighted by Gasteiger charge is -2.25. The van der Waals surface area contributed by atoms with Crippen LogP contribution >= 0.6 is 43.2 Å². The number of ether oxygens (including phenoxy) is 5. The van der Waals surface area contributed by atoms with Crippen LogP contribution in [0.3, 0.4) is 0 Å². The van der Waals surface area contributed by atoms with Crippen LogP contribution in [-0.4, -0.2) is 37.5 Å². The third-order valence-electron chi connectivity index (χ3n) is 7.23. The lowest BCUT2D eigenvalue weighted by Crippen LogP contribution is -2.40. The molecule has 0 saturated heterocycles. The highest BCUT2D eigenvalue weighted by molar-refractivity contribution is 9.10. The van der Waals surface area contributed by atoms with E-state index in [9.17, 15) is 9.59 Å². The monoisotopic (exact) mass is 784 g/mol. The Labute approximate surface area is 293 Å². The Bertz CT molecular complexity index is 2020. The number of hydrogen-bond acceptors (Lipinski definition) is 9. The van der Waals surface area contributed by atoms with Gasteiger partial charge < -0.3 is 23.7 Å². The van der Waals surface area contributed by atoms with Gasteiger partial charge in [-0.25, -0.2) is 9.79 Å². The summed E-state index contributed by atoms with van der Waals surface area (Å²) in [6, 6.07) is 16.1. The minimum absolute atomic E-state index is 0.0736. The van der Waals surface area contributed by atoms with Crippen molar-refractivity contribution < 1.29 is 28.5 Å². The second-order valence-electron chi connectivity index (χ2n) is 10.8. The van der Waals surface area contributed by atoms with E-state index in [0.717, 1.165) is 10.0 Å². The molecular formula is C35H34Br2N2O7S. The van der Waals surface area contributed by atoms with E-state index < -0.39 is 12.0 Å². The number of carbonyl (C=O) groups excluding carboxylic acids is 1. The number of methoxy groups -OCH3 is 2. The number of fused-ring (bicyclic) bond motifs is 1. The van der Waals surface area contributed by atoms with Gasteiger partial charge >= 0.3 is 5.97 Å². The number of nitrogens with zero attached hydrogens (tertiary/aromatic N) is 2. The fourth-order valence-electron chi connectivity index (χ4n) is 5.16. The molecule has 0 unspecified atom stereocenters. The molecule has 0 fully saturated rings. The van der Waals surface area contributed by atoms with E-state index in [1.165, 1.54) is 15.9 Å². The number of thiazole rings is 1. The molecule has 1 aliphatic rings. The van der Waals surface area contributed by atoms with E-state index in [1.54, 1.807) is 46.3 Å². The van der Waals surface area contributed by atoms with Crippen molar-refractivity contribution in [3.05, 3.63) is 111 Å². The van der Waals surface area contributed by atoms with E-state index in [1.807, 2.05) is 56.3 Å². The fraction of sp³-hybridized carbons (Fsp3) is 0.286. The SMILES string of the molecule is CCOC(=O)C1=C(C)N=c2s/c(=C\c3cc(Br)c(OCc4ccc(Br)cc4)c(OC)c3)c(=O)n2[C@@H]1c1ccc(OC(C)C)c(OC)c1. The summed E-state index contributed by atoms with van der Waals surface area (Å²) < 4.78 is 32.4. The van der Waals surface area contributed by atoms with Crippen molar-refractivity contribution in [1.29, 1.82) is 0 Å². The zero-order valence-corrected chi connectivity index (χ0v) is 30.7. The Hall–Kier alpha value is -3.87. The van der Waals surface area contributed by atoms with Crippen molar-refractivity contribution in [2.24, 2.45) is 4.99 Å². The van der Waals surface area contributed by atoms with Crippen molar-refractivity contribution in [3.63, 3.8) is 0 Å². The van der Waals surface area contributed by atoms with E-state index in [-0.39, 0.29) is 23.8 Å². The second-order valence-corrected chi connectivity index (χ2v) is 13.6. The van der Waals surface area contributed by atoms with Crippen LogP contribution in [-0.2, 0) is 16.1 Å². The molecule has 4 aromatic rings. The van der Waals surface area contributed by atoms with Gasteiger partial charge in [0.05, 0.1) is 53.2 Å². The maximum Gasteiger partial charge on any atom is 0.338 e. The first-order chi connectivity index (χ1) is 22.5. The molecule has 2 heterocycles. The van der Waals surface area contributed by atoms with Crippen LogP contribution in [0.25, 0.3) is 6.08 Å². The maximum absolute atomic E-state index is 14.2. The van der Waals surface area contributed by atoms with Crippen LogP contribution in [0.5, 0.6) is 23.0 Å². The van der Waals surface area contributed by atoms with Gasteiger partial charge in [0.2, 0.25) is 0 Å². The van der Waals surface area contributed by atoms with Crippen LogP contribution < -0.4 is 33.8 Å². The molecule has 47 heavy (non-hydrogen) atoms. The van der Waals surface area contributed by atoms with Crippen LogP contribution in [0.1, 0.15) is 50.4 Å². The Morgan fingerprint density at radius 1 is 1.02 bits per heavy atom. The number of allylic oxidation sites excluding steroid dienone is 1. The zero-order chi connectivity index (χ0) is 33.8. The van der Waals surface area contributed by atoms with Gasteiger partial charge in [0.15, 0.2) is 27.8 Å². The number of rotatable bonds is 11. The van der Waals surface area contributed by atoms with Crippen LogP contribution in [0.15, 0.2) is 84.6 Å². The average Bonchev–Trinajstić information content (AvgIpc) is 3.34. The molecule has 1 aromatic heterocycles. The number of esters is 1. The molecule has 0 saturated carbocycles. The quantitative estimate of drug-likeness (QED) is 0.156. The van der Waals surface area contributed by atoms with Gasteiger partial charge in [0, 0.05) is 4.47 Å². The Balaban J connectivity index is 1.59. The van der Waals surface area contributed by atoms with Gasteiger partial charge in [-0.3, -0.25) is 9.36 Å². The first-order valence-electron chi connectivity index (χ1n) is 14.8. The number of carbonyl (C=O) groups is 1. The predicted molar refractivity (Wildman–Crippen MR) is 188 cm³/mol. The highest BCUT2D eigenvalue weighted by atomic mass is 79.9. The highest BCUT2D eigenvalue weighted by Crippen LogP contribution is 2.38. The molecule has 0 aliphatic carbocycles. The molecule has 5 rings (SSSR count). The first kappa shape index (κ1) is 34.5. The van der Waals surface area contributed by atoms with Crippen molar-refractivity contribution in [3.8, 4) is 23.0 Å². The lowest BCUT2D eigenvalue weighted by atomic mass is 9.95. The average molecular weight is 787 g/mol. The van der Waals surface area contributed by atoms with Gasteiger partial charge in [-0.1, -0.05) is 45.5 Å². The maximum atomic E-state index is 14.2. The van der Waals surface area contributed by atoms with Crippen molar-refractivity contribution in [2.45, 2.75) is 46.4 Å². The molecule has 12 heteroatoms. The van der Waals surface area contributed by atoms with E-state index in [4.69, 9.17) is 23.7 Å². The van der Waals surface area contributed by atoms with Crippen LogP contribution in [0.4, 0.5) is 0 Å². The molecule has 0 bridgehead atoms. The summed E-state index contributed by atoms with van der Waals surface area (Å²) in [6.07, 6.45) is 1.70. The number of hydrogen-bond donors (Lipinski definition) is 0. The largest absolute Gasteiger partial charge is 0.493 e. The molecular weight excluding hydrogens is 752 g/mol. The highest BCUT2D eigenvalue weighted by Gasteiger charge is 2.34. The van der Waals surface area contributed by atoms with Gasteiger partial charge in [0.1, 0.15) is 6.61 Å². The second kappa shape index (κ2) is 14.9. The molecule has 9 nitrogen and oxygen atoms in total. The summed E-state index contributed by atoms with van der Waals surface area (Å²) in [5.41, 5.74) is 2.81. The third-order valence-corrected chi connectivity index (χ3v) is 9.33. The van der Waals surface area contributed by atoms with E-state index in [2.05, 4.69) is 36.9 Å². The predicted octanol–water partition coefficient (Wildman–Crippen LogP) is 6.71. The zero-order valence-electron chi connectivity index (χ0n) is 26.8. The molecule has 0 spiro atoms. The molecule has 3 aromatic carbocycles. The molecule has 246 valence electrons. The Morgan fingerprint density at radius 3 is 2.40 bits per heavy atom. The normalized spacial score (nSPS) is 14.5. The lowest BCUT2D eigenvalue weighted by molar-refractivity contribution is -0.139. The summed E-state index contributed by atoms with van der Waals surface area (Å²) in [6.45, 7) is 7.86. The van der Waals surface area contributed by atoms with Crippen LogP contribution in [0, 0.1) is 0 Å². The Kier molecular flexibility index (Phi) is 10.9. The fourth-order valence-corrected chi connectivity index (χ4v) is 7.05. The van der Waals surface area contributed by atoms with Gasteiger partial charge in [-0.15, -0.1) is 0 Å². The van der Waals surface area contributed by atoms with Gasteiger partial charge in [-0.05, 0) is 103 Å². The number of benzene rings is 3. The summed E-state index contributed by atoms with van der Waals surface area (Å²) in [5.74, 6) is 1.55. The van der Waals surface area contributed by atoms with Crippen molar-refractivity contribution >= 4 is 55.2 Å². The van der Waals surface area contributed by atoms with Crippen molar-refractivity contribution in [1.82, 2.24) is 4.57 Å². The molecule has 0 radical (unpaired) electrons. The Morgan fingerprint density at radius 2 is 1.74 bits per heavy atom. The van der Waals surface area contributed by atoms with Gasteiger partial charge in [-0.2, -0.15) is 0 Å². The summed E-state index contributed by atoms with van der Waals surface area (Å²) in [5, 5.41) is 0. The summed E-state index contributed by atoms with van der Waals surface area (Å²) >= 11 is 8.31. The first-order valence-corrected chi connectivity index (χ1v) is 17.2. The molecule has 1 aliphatic heterocycles. The number of halogens is 2. The minimum atomic E-state index is -0.801. The number of aromatic nitrogens is 1.